The Balaban J connectivity index is 2.86. The van der Waals surface area contributed by atoms with Gasteiger partial charge >= 0.3 is 5.97 Å². The molecule has 0 atom stereocenters. The average Bonchev–Trinajstić information content (AvgIpc) is 2.36. The number of benzene rings is 1. The zero-order valence-electron chi connectivity index (χ0n) is 10.8. The average molecular weight is 301 g/mol. The van der Waals surface area contributed by atoms with E-state index in [2.05, 4.69) is 5.32 Å². The molecular formula is C12H13ClN2O5. The highest BCUT2D eigenvalue weighted by Gasteiger charge is 2.28. The van der Waals surface area contributed by atoms with Crippen molar-refractivity contribution in [3.8, 4) is 0 Å². The third kappa shape index (κ3) is 3.67. The highest BCUT2D eigenvalue weighted by Crippen LogP contribution is 2.25. The summed E-state index contributed by atoms with van der Waals surface area (Å²) in [5, 5.41) is 22.0. The Labute approximate surface area is 119 Å². The zero-order valence-corrected chi connectivity index (χ0v) is 11.6. The zero-order chi connectivity index (χ0) is 15.5. The van der Waals surface area contributed by atoms with E-state index in [0.717, 1.165) is 6.07 Å². The van der Waals surface area contributed by atoms with Crippen LogP contribution in [0.15, 0.2) is 18.2 Å². The van der Waals surface area contributed by atoms with Crippen molar-refractivity contribution < 1.29 is 19.6 Å². The molecule has 0 saturated heterocycles. The molecule has 1 amide bonds. The van der Waals surface area contributed by atoms with Crippen LogP contribution in [0.3, 0.4) is 0 Å². The molecule has 0 radical (unpaired) electrons. The number of hydrogen-bond donors (Lipinski definition) is 2. The van der Waals surface area contributed by atoms with Gasteiger partial charge < -0.3 is 10.4 Å². The number of amides is 1. The summed E-state index contributed by atoms with van der Waals surface area (Å²) in [5.74, 6) is -1.65. The molecule has 0 heterocycles. The van der Waals surface area contributed by atoms with Gasteiger partial charge in [0.1, 0.15) is 5.02 Å². The van der Waals surface area contributed by atoms with E-state index >= 15 is 0 Å². The summed E-state index contributed by atoms with van der Waals surface area (Å²) in [7, 11) is 0. The van der Waals surface area contributed by atoms with E-state index in [9.17, 15) is 19.7 Å². The molecule has 7 nitrogen and oxygen atoms in total. The van der Waals surface area contributed by atoms with E-state index in [4.69, 9.17) is 16.7 Å². The maximum Gasteiger partial charge on any atom is 0.310 e. The minimum atomic E-state index is -1.13. The normalized spacial score (nSPS) is 10.9. The number of nitrogens with zero attached hydrogens (tertiary/aromatic N) is 1. The van der Waals surface area contributed by atoms with Crippen molar-refractivity contribution in [2.45, 2.75) is 13.8 Å². The van der Waals surface area contributed by atoms with Crippen molar-refractivity contribution >= 4 is 29.2 Å². The number of carbonyl (C=O) groups excluding carboxylic acids is 1. The lowest BCUT2D eigenvalue weighted by molar-refractivity contribution is -0.384. The first-order valence-corrected chi connectivity index (χ1v) is 5.98. The van der Waals surface area contributed by atoms with Crippen LogP contribution in [0.2, 0.25) is 5.02 Å². The van der Waals surface area contributed by atoms with Crippen LogP contribution in [0, 0.1) is 15.5 Å². The monoisotopic (exact) mass is 300 g/mol. The van der Waals surface area contributed by atoms with Gasteiger partial charge in [-0.15, -0.1) is 0 Å². The Morgan fingerprint density at radius 2 is 2.05 bits per heavy atom. The maximum atomic E-state index is 11.8. The summed E-state index contributed by atoms with van der Waals surface area (Å²) < 4.78 is 0. The predicted octanol–water partition coefficient (Wildman–Crippen LogP) is 2.09. The number of carbonyl (C=O) groups is 2. The second-order valence-corrected chi connectivity index (χ2v) is 5.20. The van der Waals surface area contributed by atoms with Crippen LogP contribution in [0.25, 0.3) is 0 Å². The van der Waals surface area contributed by atoms with Crippen LogP contribution in [0.4, 0.5) is 5.69 Å². The lowest BCUT2D eigenvalue weighted by Crippen LogP contribution is -2.38. The van der Waals surface area contributed by atoms with E-state index < -0.39 is 22.2 Å². The number of aliphatic carboxylic acids is 1. The first kappa shape index (κ1) is 15.9. The molecule has 2 N–H and O–H groups in total. The highest BCUT2D eigenvalue weighted by atomic mass is 35.5. The second kappa shape index (κ2) is 5.87. The molecule has 0 aliphatic carbocycles. The van der Waals surface area contributed by atoms with Crippen molar-refractivity contribution in [3.05, 3.63) is 38.9 Å². The van der Waals surface area contributed by atoms with Gasteiger partial charge in [-0.25, -0.2) is 0 Å². The summed E-state index contributed by atoms with van der Waals surface area (Å²) in [5.41, 5.74) is -1.47. The number of rotatable bonds is 5. The van der Waals surface area contributed by atoms with Gasteiger partial charge in [0.25, 0.3) is 11.6 Å². The van der Waals surface area contributed by atoms with Gasteiger partial charge in [-0.05, 0) is 26.0 Å². The minimum Gasteiger partial charge on any atom is -0.481 e. The Bertz CT molecular complexity index is 571. The van der Waals surface area contributed by atoms with Crippen LogP contribution in [0.1, 0.15) is 24.2 Å². The highest BCUT2D eigenvalue weighted by molar-refractivity contribution is 6.32. The fourth-order valence-corrected chi connectivity index (χ4v) is 1.46. The fraction of sp³-hybridized carbons (Fsp3) is 0.333. The smallest absolute Gasteiger partial charge is 0.310 e. The molecule has 0 unspecified atom stereocenters. The molecule has 0 saturated carbocycles. The van der Waals surface area contributed by atoms with Crippen molar-refractivity contribution in [1.82, 2.24) is 5.32 Å². The second-order valence-electron chi connectivity index (χ2n) is 4.80. The Morgan fingerprint density at radius 1 is 1.45 bits per heavy atom. The third-order valence-corrected chi connectivity index (χ3v) is 2.99. The molecule has 0 aliphatic heterocycles. The van der Waals surface area contributed by atoms with Crippen molar-refractivity contribution in [1.29, 1.82) is 0 Å². The molecule has 0 aliphatic rings. The minimum absolute atomic E-state index is 0.0438. The molecule has 0 spiro atoms. The number of carboxylic acids is 1. The van der Waals surface area contributed by atoms with Crippen molar-refractivity contribution in [2.75, 3.05) is 6.54 Å². The number of hydrogen-bond acceptors (Lipinski definition) is 4. The van der Waals surface area contributed by atoms with Crippen molar-refractivity contribution in [2.24, 2.45) is 5.41 Å². The molecule has 0 fully saturated rings. The first-order valence-electron chi connectivity index (χ1n) is 5.60. The van der Waals surface area contributed by atoms with Gasteiger partial charge in [-0.1, -0.05) is 11.6 Å². The van der Waals surface area contributed by atoms with Gasteiger partial charge in [-0.2, -0.15) is 0 Å². The number of nitro benzene ring substituents is 1. The Hall–Kier alpha value is -2.15. The van der Waals surface area contributed by atoms with E-state index in [0.29, 0.717) is 0 Å². The van der Waals surface area contributed by atoms with Gasteiger partial charge in [0.2, 0.25) is 0 Å². The van der Waals surface area contributed by atoms with Gasteiger partial charge in [0.05, 0.1) is 10.3 Å². The van der Waals surface area contributed by atoms with Gasteiger partial charge in [0, 0.05) is 18.2 Å². The standard InChI is InChI=1S/C12H13ClN2O5/c1-12(2,11(17)18)6-14-10(16)7-3-4-8(13)9(5-7)15(19)20/h3-5H,6H2,1-2H3,(H,14,16)(H,17,18). The summed E-state index contributed by atoms with van der Waals surface area (Å²) in [4.78, 5) is 32.8. The lowest BCUT2D eigenvalue weighted by atomic mass is 9.94. The number of nitro groups is 1. The van der Waals surface area contributed by atoms with Gasteiger partial charge in [-0.3, -0.25) is 19.7 Å². The van der Waals surface area contributed by atoms with E-state index in [1.807, 2.05) is 0 Å². The van der Waals surface area contributed by atoms with Crippen LogP contribution in [-0.4, -0.2) is 28.5 Å². The Kier molecular flexibility index (Phi) is 4.67. The SMILES string of the molecule is CC(C)(CNC(=O)c1ccc(Cl)c([N+](=O)[O-])c1)C(=O)O. The summed E-state index contributed by atoms with van der Waals surface area (Å²) in [6.45, 7) is 2.82. The Morgan fingerprint density at radius 3 is 2.55 bits per heavy atom. The topological polar surface area (TPSA) is 110 Å². The summed E-state index contributed by atoms with van der Waals surface area (Å²) in [6.07, 6.45) is 0. The van der Waals surface area contributed by atoms with Crippen LogP contribution >= 0.6 is 11.6 Å². The lowest BCUT2D eigenvalue weighted by Gasteiger charge is -2.19. The largest absolute Gasteiger partial charge is 0.481 e. The predicted molar refractivity (Wildman–Crippen MR) is 71.9 cm³/mol. The van der Waals surface area contributed by atoms with Crippen LogP contribution < -0.4 is 5.32 Å². The molecule has 1 aromatic carbocycles. The van der Waals surface area contributed by atoms with Crippen molar-refractivity contribution in [3.63, 3.8) is 0 Å². The molecule has 1 rings (SSSR count). The molecule has 0 bridgehead atoms. The summed E-state index contributed by atoms with van der Waals surface area (Å²) in [6, 6.07) is 3.63. The fourth-order valence-electron chi connectivity index (χ4n) is 1.27. The van der Waals surface area contributed by atoms with E-state index in [1.165, 1.54) is 26.0 Å². The number of carboxylic acid groups (broad SMARTS) is 1. The maximum absolute atomic E-state index is 11.8. The summed E-state index contributed by atoms with van der Waals surface area (Å²) >= 11 is 5.64. The van der Waals surface area contributed by atoms with E-state index in [1.54, 1.807) is 0 Å². The van der Waals surface area contributed by atoms with E-state index in [-0.39, 0.29) is 22.8 Å². The number of halogens is 1. The number of nitrogens with one attached hydrogen (secondary N) is 1. The molecular weight excluding hydrogens is 288 g/mol. The quantitative estimate of drug-likeness (QED) is 0.639. The molecule has 1 aromatic rings. The molecule has 0 aromatic heterocycles. The first-order chi connectivity index (χ1) is 9.15. The third-order valence-electron chi connectivity index (χ3n) is 2.67. The molecule has 108 valence electrons. The van der Waals surface area contributed by atoms with Crippen LogP contribution in [-0.2, 0) is 4.79 Å². The van der Waals surface area contributed by atoms with Gasteiger partial charge in [0.15, 0.2) is 0 Å². The molecule has 8 heteroatoms. The van der Waals surface area contributed by atoms with Crippen LogP contribution in [0.5, 0.6) is 0 Å². The molecule has 20 heavy (non-hydrogen) atoms.